The van der Waals surface area contributed by atoms with Gasteiger partial charge in [-0.15, -0.1) is 6.58 Å². The van der Waals surface area contributed by atoms with E-state index in [1.165, 1.54) is 44.8 Å². The van der Waals surface area contributed by atoms with Gasteiger partial charge in [-0.1, -0.05) is 19.9 Å². The Labute approximate surface area is 111 Å². The van der Waals surface area contributed by atoms with Crippen molar-refractivity contribution in [3.8, 4) is 0 Å². The minimum Gasteiger partial charge on any atom is -0.314 e. The summed E-state index contributed by atoms with van der Waals surface area (Å²) >= 11 is 1.99. The topological polar surface area (TPSA) is 15.3 Å². The van der Waals surface area contributed by atoms with Gasteiger partial charge in [0, 0.05) is 30.6 Å². The third-order valence-corrected chi connectivity index (χ3v) is 4.38. The normalized spacial score (nSPS) is 26.0. The molecule has 1 saturated heterocycles. The predicted octanol–water partition coefficient (Wildman–Crippen LogP) is 2.62. The molecule has 0 aromatic carbocycles. The molecule has 2 nitrogen and oxygen atoms in total. The predicted molar refractivity (Wildman–Crippen MR) is 79.8 cm³/mol. The molecule has 1 fully saturated rings. The molecule has 0 radical (unpaired) electrons. The van der Waals surface area contributed by atoms with E-state index >= 15 is 0 Å². The van der Waals surface area contributed by atoms with Crippen molar-refractivity contribution in [1.82, 2.24) is 10.2 Å². The van der Waals surface area contributed by atoms with E-state index in [4.69, 9.17) is 0 Å². The minimum atomic E-state index is 0.743. The van der Waals surface area contributed by atoms with Crippen molar-refractivity contribution in [3.63, 3.8) is 0 Å². The first-order chi connectivity index (χ1) is 8.27. The van der Waals surface area contributed by atoms with E-state index < -0.39 is 0 Å². The fraction of sp³-hybridized carbons (Fsp3) is 0.857. The van der Waals surface area contributed by atoms with Gasteiger partial charge >= 0.3 is 0 Å². The molecular weight excluding hydrogens is 228 g/mol. The third kappa shape index (κ3) is 5.94. The highest BCUT2D eigenvalue weighted by molar-refractivity contribution is 7.99. The summed E-state index contributed by atoms with van der Waals surface area (Å²) in [4.78, 5) is 2.62. The quantitative estimate of drug-likeness (QED) is 0.531. The molecule has 0 amide bonds. The highest BCUT2D eigenvalue weighted by Gasteiger charge is 2.24. The second kappa shape index (κ2) is 9.01. The molecule has 0 aliphatic carbocycles. The van der Waals surface area contributed by atoms with Gasteiger partial charge in [0.2, 0.25) is 0 Å². The second-order valence-electron chi connectivity index (χ2n) is 4.99. The maximum absolute atomic E-state index is 3.75. The summed E-state index contributed by atoms with van der Waals surface area (Å²) in [5, 5.41) is 3.67. The Bertz CT molecular complexity index is 208. The van der Waals surface area contributed by atoms with Crippen LogP contribution >= 0.6 is 11.8 Å². The maximum Gasteiger partial charge on any atom is 0.0117 e. The Morgan fingerprint density at radius 1 is 1.53 bits per heavy atom. The van der Waals surface area contributed by atoms with Gasteiger partial charge in [-0.3, -0.25) is 0 Å². The van der Waals surface area contributed by atoms with Crippen molar-refractivity contribution in [2.24, 2.45) is 5.92 Å². The van der Waals surface area contributed by atoms with Crippen LogP contribution in [-0.4, -0.2) is 48.6 Å². The van der Waals surface area contributed by atoms with Gasteiger partial charge in [0.1, 0.15) is 0 Å². The lowest BCUT2D eigenvalue weighted by molar-refractivity contribution is 0.155. The van der Waals surface area contributed by atoms with Gasteiger partial charge in [-0.25, -0.2) is 0 Å². The smallest absolute Gasteiger partial charge is 0.0117 e. The van der Waals surface area contributed by atoms with Crippen LogP contribution in [0.3, 0.4) is 0 Å². The number of piperidine rings is 1. The fourth-order valence-corrected chi connectivity index (χ4v) is 3.15. The zero-order valence-electron chi connectivity index (χ0n) is 11.5. The monoisotopic (exact) mass is 256 g/mol. The van der Waals surface area contributed by atoms with E-state index in [9.17, 15) is 0 Å². The summed E-state index contributed by atoms with van der Waals surface area (Å²) in [5.74, 6) is 3.12. The Hall–Kier alpha value is 0.01000. The molecule has 0 spiro atoms. The van der Waals surface area contributed by atoms with E-state index in [-0.39, 0.29) is 0 Å². The lowest BCUT2D eigenvalue weighted by Crippen LogP contribution is -2.48. The van der Waals surface area contributed by atoms with Crippen LogP contribution in [-0.2, 0) is 0 Å². The number of thioether (sulfide) groups is 1. The van der Waals surface area contributed by atoms with Crippen LogP contribution in [0.15, 0.2) is 12.7 Å². The molecule has 17 heavy (non-hydrogen) atoms. The van der Waals surface area contributed by atoms with Gasteiger partial charge in [0.25, 0.3) is 0 Å². The van der Waals surface area contributed by atoms with Gasteiger partial charge in [-0.2, -0.15) is 11.8 Å². The summed E-state index contributed by atoms with van der Waals surface area (Å²) in [6.45, 7) is 13.3. The van der Waals surface area contributed by atoms with Crippen molar-refractivity contribution < 1.29 is 0 Å². The Balaban J connectivity index is 2.15. The van der Waals surface area contributed by atoms with E-state index in [1.807, 2.05) is 17.8 Å². The SMILES string of the molecule is C=CCSCCN1CCC(NCCC)C(C)C1. The van der Waals surface area contributed by atoms with Gasteiger partial charge in [0.15, 0.2) is 0 Å². The zero-order valence-corrected chi connectivity index (χ0v) is 12.3. The zero-order chi connectivity index (χ0) is 12.5. The van der Waals surface area contributed by atoms with Crippen molar-refractivity contribution in [3.05, 3.63) is 12.7 Å². The minimum absolute atomic E-state index is 0.743. The van der Waals surface area contributed by atoms with E-state index in [1.54, 1.807) is 0 Å². The fourth-order valence-electron chi connectivity index (χ4n) is 2.43. The summed E-state index contributed by atoms with van der Waals surface area (Å²) < 4.78 is 0. The molecule has 0 bridgehead atoms. The summed E-state index contributed by atoms with van der Waals surface area (Å²) in [7, 11) is 0. The molecule has 0 aromatic rings. The van der Waals surface area contributed by atoms with Crippen LogP contribution in [0.2, 0.25) is 0 Å². The van der Waals surface area contributed by atoms with Crippen LogP contribution in [0.1, 0.15) is 26.7 Å². The number of hydrogen-bond acceptors (Lipinski definition) is 3. The maximum atomic E-state index is 3.75. The standard InChI is InChI=1S/C14H28N2S/c1-4-7-15-14-6-8-16(12-13(14)3)9-11-17-10-5-2/h5,13-15H,2,4,6-12H2,1,3H3. The van der Waals surface area contributed by atoms with Crippen LogP contribution in [0, 0.1) is 5.92 Å². The molecule has 1 aliphatic rings. The molecule has 1 aliphatic heterocycles. The van der Waals surface area contributed by atoms with Gasteiger partial charge in [0.05, 0.1) is 0 Å². The van der Waals surface area contributed by atoms with Crippen LogP contribution < -0.4 is 5.32 Å². The van der Waals surface area contributed by atoms with E-state index in [2.05, 4.69) is 30.6 Å². The largest absolute Gasteiger partial charge is 0.314 e. The average Bonchev–Trinajstić information content (AvgIpc) is 2.34. The van der Waals surface area contributed by atoms with Crippen LogP contribution in [0.4, 0.5) is 0 Å². The Morgan fingerprint density at radius 2 is 2.35 bits per heavy atom. The van der Waals surface area contributed by atoms with E-state index in [0.717, 1.165) is 17.7 Å². The van der Waals surface area contributed by atoms with Crippen LogP contribution in [0.25, 0.3) is 0 Å². The highest BCUT2D eigenvalue weighted by Crippen LogP contribution is 2.17. The molecule has 1 N–H and O–H groups in total. The summed E-state index contributed by atoms with van der Waals surface area (Å²) in [6, 6.07) is 0.743. The van der Waals surface area contributed by atoms with Crippen molar-refractivity contribution >= 4 is 11.8 Å². The first-order valence-corrected chi connectivity index (χ1v) is 8.07. The number of hydrogen-bond donors (Lipinski definition) is 1. The van der Waals surface area contributed by atoms with Crippen molar-refractivity contribution in [2.75, 3.05) is 37.7 Å². The molecular formula is C14H28N2S. The van der Waals surface area contributed by atoms with Crippen molar-refractivity contribution in [1.29, 1.82) is 0 Å². The van der Waals surface area contributed by atoms with E-state index in [0.29, 0.717) is 0 Å². The molecule has 1 heterocycles. The lowest BCUT2D eigenvalue weighted by atomic mass is 9.94. The third-order valence-electron chi connectivity index (χ3n) is 3.43. The molecule has 3 heteroatoms. The molecule has 100 valence electrons. The number of likely N-dealkylation sites (tertiary alicyclic amines) is 1. The highest BCUT2D eigenvalue weighted by atomic mass is 32.2. The van der Waals surface area contributed by atoms with Gasteiger partial charge in [-0.05, 0) is 31.8 Å². The summed E-state index contributed by atoms with van der Waals surface area (Å²) in [6.07, 6.45) is 4.55. The summed E-state index contributed by atoms with van der Waals surface area (Å²) in [5.41, 5.74) is 0. The Morgan fingerprint density at radius 3 is 3.00 bits per heavy atom. The average molecular weight is 256 g/mol. The number of nitrogens with one attached hydrogen (secondary N) is 1. The lowest BCUT2D eigenvalue weighted by Gasteiger charge is -2.37. The number of rotatable bonds is 8. The molecule has 1 rings (SSSR count). The Kier molecular flexibility index (Phi) is 7.99. The molecule has 2 unspecified atom stereocenters. The molecule has 2 atom stereocenters. The van der Waals surface area contributed by atoms with Crippen molar-refractivity contribution in [2.45, 2.75) is 32.7 Å². The first-order valence-electron chi connectivity index (χ1n) is 6.92. The first kappa shape index (κ1) is 15.1. The van der Waals surface area contributed by atoms with Gasteiger partial charge < -0.3 is 10.2 Å². The molecule has 0 saturated carbocycles. The van der Waals surface area contributed by atoms with Crippen LogP contribution in [0.5, 0.6) is 0 Å². The molecule has 0 aromatic heterocycles. The second-order valence-corrected chi connectivity index (χ2v) is 6.14. The number of nitrogens with zero attached hydrogens (tertiary/aromatic N) is 1.